The predicted octanol–water partition coefficient (Wildman–Crippen LogP) is 3.88. The number of hydrogen-bond acceptors (Lipinski definition) is 4. The Morgan fingerprint density at radius 3 is 2.88 bits per heavy atom. The van der Waals surface area contributed by atoms with E-state index in [1.165, 1.54) is 0 Å². The van der Waals surface area contributed by atoms with Gasteiger partial charge in [-0.15, -0.1) is 19.2 Å². The maximum atomic E-state index is 11.0. The van der Waals surface area contributed by atoms with Crippen LogP contribution in [0, 0.1) is 11.8 Å². The molecule has 0 bridgehead atoms. The molecule has 0 saturated heterocycles. The van der Waals surface area contributed by atoms with Gasteiger partial charge in [0, 0.05) is 30.4 Å². The van der Waals surface area contributed by atoms with E-state index in [2.05, 4.69) is 26.1 Å². The van der Waals surface area contributed by atoms with Crippen LogP contribution in [0.1, 0.15) is 64.7 Å². The number of thiol groups is 1. The highest BCUT2D eigenvalue weighted by atomic mass is 32.1. The molecule has 1 saturated carbocycles. The van der Waals surface area contributed by atoms with Crippen molar-refractivity contribution in [3.05, 3.63) is 24.8 Å². The largest absolute Gasteiger partial charge is 0.392 e. The Bertz CT molecular complexity index is 559. The summed E-state index contributed by atoms with van der Waals surface area (Å²) in [4.78, 5) is 15.9. The van der Waals surface area contributed by atoms with E-state index in [4.69, 9.17) is 4.99 Å². The third kappa shape index (κ3) is 5.30. The minimum absolute atomic E-state index is 0.0124. The average molecular weight is 380 g/mol. The Morgan fingerprint density at radius 2 is 2.23 bits per heavy atom. The lowest BCUT2D eigenvalue weighted by atomic mass is 9.82. The van der Waals surface area contributed by atoms with E-state index < -0.39 is 17.7 Å². The van der Waals surface area contributed by atoms with Gasteiger partial charge in [0.05, 0.1) is 17.7 Å². The van der Waals surface area contributed by atoms with Crippen LogP contribution in [-0.2, 0) is 4.79 Å². The van der Waals surface area contributed by atoms with Crippen LogP contribution in [0.3, 0.4) is 0 Å². The summed E-state index contributed by atoms with van der Waals surface area (Å²) in [5.41, 5.74) is 0.709. The van der Waals surface area contributed by atoms with Crippen LogP contribution in [-0.4, -0.2) is 38.8 Å². The van der Waals surface area contributed by atoms with Gasteiger partial charge in [-0.1, -0.05) is 44.4 Å². The third-order valence-electron chi connectivity index (χ3n) is 5.78. The van der Waals surface area contributed by atoms with Gasteiger partial charge in [-0.3, -0.25) is 9.79 Å². The van der Waals surface area contributed by atoms with Gasteiger partial charge in [-0.05, 0) is 25.7 Å². The number of carbonyl (C=O) groups excluding carboxylic acids is 1. The SMILES string of the molecule is C=CC12CC(O)C(/C=C/C(O)CCCCC)C1CC(CCCC(=O)S)=N2. The van der Waals surface area contributed by atoms with Crippen molar-refractivity contribution >= 4 is 23.5 Å². The third-order valence-corrected chi connectivity index (χ3v) is 6.00. The van der Waals surface area contributed by atoms with E-state index in [-0.39, 0.29) is 17.0 Å². The minimum atomic E-state index is -0.457. The lowest BCUT2D eigenvalue weighted by Crippen LogP contribution is -2.26. The van der Waals surface area contributed by atoms with Gasteiger partial charge in [0.2, 0.25) is 0 Å². The first kappa shape index (κ1) is 21.4. The molecule has 146 valence electrons. The maximum absolute atomic E-state index is 11.0. The molecule has 1 fully saturated rings. The summed E-state index contributed by atoms with van der Waals surface area (Å²) in [7, 11) is 0. The van der Waals surface area contributed by atoms with Crippen molar-refractivity contribution in [3.8, 4) is 0 Å². The van der Waals surface area contributed by atoms with Crippen LogP contribution in [0.5, 0.6) is 0 Å². The molecule has 0 amide bonds. The Balaban J connectivity index is 1.99. The summed E-state index contributed by atoms with van der Waals surface area (Å²) >= 11 is 3.82. The molecule has 5 heteroatoms. The van der Waals surface area contributed by atoms with Gasteiger partial charge in [0.1, 0.15) is 0 Å². The molecular formula is C21H33NO3S. The second-order valence-electron chi connectivity index (χ2n) is 7.73. The van der Waals surface area contributed by atoms with Crippen molar-refractivity contribution in [1.29, 1.82) is 0 Å². The number of fused-ring (bicyclic) bond motifs is 1. The molecule has 1 heterocycles. The molecular weight excluding hydrogens is 346 g/mol. The maximum Gasteiger partial charge on any atom is 0.185 e. The molecule has 26 heavy (non-hydrogen) atoms. The van der Waals surface area contributed by atoms with Crippen LogP contribution in [0.25, 0.3) is 0 Å². The fourth-order valence-electron chi connectivity index (χ4n) is 4.36. The highest BCUT2D eigenvalue weighted by Crippen LogP contribution is 2.50. The molecule has 2 N–H and O–H groups in total. The van der Waals surface area contributed by atoms with E-state index >= 15 is 0 Å². The molecule has 1 aliphatic heterocycles. The lowest BCUT2D eigenvalue weighted by Gasteiger charge is -2.24. The summed E-state index contributed by atoms with van der Waals surface area (Å²) in [5.74, 6) is 0.178. The normalized spacial score (nSPS) is 31.8. The number of hydrogen-bond donors (Lipinski definition) is 3. The van der Waals surface area contributed by atoms with E-state index in [1.807, 2.05) is 18.2 Å². The number of rotatable bonds is 11. The van der Waals surface area contributed by atoms with Crippen molar-refractivity contribution < 1.29 is 15.0 Å². The summed E-state index contributed by atoms with van der Waals surface area (Å²) in [6.07, 6.45) is 12.3. The smallest absolute Gasteiger partial charge is 0.185 e. The van der Waals surface area contributed by atoms with Crippen LogP contribution in [0.2, 0.25) is 0 Å². The highest BCUT2D eigenvalue weighted by Gasteiger charge is 2.53. The summed E-state index contributed by atoms with van der Waals surface area (Å²) < 4.78 is 0. The summed E-state index contributed by atoms with van der Waals surface area (Å²) in [6, 6.07) is 0. The number of aliphatic hydroxyl groups is 2. The average Bonchev–Trinajstić information content (AvgIpc) is 3.05. The summed E-state index contributed by atoms with van der Waals surface area (Å²) in [6.45, 7) is 6.12. The van der Waals surface area contributed by atoms with Gasteiger partial charge in [-0.2, -0.15) is 0 Å². The predicted molar refractivity (Wildman–Crippen MR) is 110 cm³/mol. The Hall–Kier alpha value is -0.910. The zero-order valence-corrected chi connectivity index (χ0v) is 16.7. The zero-order chi connectivity index (χ0) is 19.2. The number of aliphatic hydroxyl groups excluding tert-OH is 2. The van der Waals surface area contributed by atoms with Crippen LogP contribution in [0.4, 0.5) is 0 Å². The van der Waals surface area contributed by atoms with E-state index in [0.717, 1.165) is 50.7 Å². The first-order valence-electron chi connectivity index (χ1n) is 9.89. The molecule has 2 rings (SSSR count). The van der Waals surface area contributed by atoms with Crippen molar-refractivity contribution in [2.24, 2.45) is 16.8 Å². The molecule has 0 aromatic heterocycles. The lowest BCUT2D eigenvalue weighted by molar-refractivity contribution is -0.110. The molecule has 0 radical (unpaired) electrons. The second-order valence-corrected chi connectivity index (χ2v) is 8.23. The van der Waals surface area contributed by atoms with Crippen LogP contribution < -0.4 is 0 Å². The highest BCUT2D eigenvalue weighted by molar-refractivity contribution is 7.96. The fraction of sp³-hybridized carbons (Fsp3) is 0.714. The fourth-order valence-corrected chi connectivity index (χ4v) is 4.52. The number of unbranched alkanes of at least 4 members (excludes halogenated alkanes) is 2. The van der Waals surface area contributed by atoms with Gasteiger partial charge < -0.3 is 10.2 Å². The van der Waals surface area contributed by atoms with Crippen LogP contribution in [0.15, 0.2) is 29.8 Å². The molecule has 0 aromatic rings. The molecule has 0 spiro atoms. The monoisotopic (exact) mass is 379 g/mol. The second kappa shape index (κ2) is 9.86. The first-order chi connectivity index (χ1) is 12.4. The quantitative estimate of drug-likeness (QED) is 0.290. The number of carbonyl (C=O) groups is 1. The number of nitrogens with zero attached hydrogens (tertiary/aromatic N) is 1. The van der Waals surface area contributed by atoms with Gasteiger partial charge in [-0.25, -0.2) is 0 Å². The molecule has 0 aromatic carbocycles. The molecule has 5 unspecified atom stereocenters. The molecule has 1 aliphatic carbocycles. The summed E-state index contributed by atoms with van der Waals surface area (Å²) in [5, 5.41) is 20.6. The zero-order valence-electron chi connectivity index (χ0n) is 15.8. The van der Waals surface area contributed by atoms with E-state index in [9.17, 15) is 15.0 Å². The Morgan fingerprint density at radius 1 is 1.46 bits per heavy atom. The van der Waals surface area contributed by atoms with E-state index in [1.54, 1.807) is 0 Å². The number of aliphatic imine (C=N–C) groups is 1. The van der Waals surface area contributed by atoms with Crippen LogP contribution >= 0.6 is 12.6 Å². The minimum Gasteiger partial charge on any atom is -0.392 e. The Kier molecular flexibility index (Phi) is 8.11. The first-order valence-corrected chi connectivity index (χ1v) is 10.3. The van der Waals surface area contributed by atoms with Crippen molar-refractivity contribution in [2.45, 2.75) is 82.5 Å². The van der Waals surface area contributed by atoms with Crippen molar-refractivity contribution in [3.63, 3.8) is 0 Å². The van der Waals surface area contributed by atoms with Gasteiger partial charge >= 0.3 is 0 Å². The standard InChI is InChI=1S/C21H33NO3S/c1-3-5-6-9-16(23)11-12-17-18-13-15(8-7-10-20(25)26)22-21(18,4-2)14-19(17)24/h4,11-12,16-19,23-24H,2-3,5-10,13-14H2,1H3,(H,25,26)/b12-11+. The van der Waals surface area contributed by atoms with Gasteiger partial charge in [0.25, 0.3) is 0 Å². The molecule has 5 atom stereocenters. The molecule has 4 nitrogen and oxygen atoms in total. The van der Waals surface area contributed by atoms with E-state index in [0.29, 0.717) is 12.8 Å². The van der Waals surface area contributed by atoms with Crippen molar-refractivity contribution in [1.82, 2.24) is 0 Å². The van der Waals surface area contributed by atoms with Gasteiger partial charge in [0.15, 0.2) is 5.12 Å². The molecule has 2 aliphatic rings. The van der Waals surface area contributed by atoms with Crippen molar-refractivity contribution in [2.75, 3.05) is 0 Å². The topological polar surface area (TPSA) is 69.9 Å². The Labute approximate surface area is 162 Å².